The molecule has 2 aromatic carbocycles. The first-order chi connectivity index (χ1) is 13.9. The van der Waals surface area contributed by atoms with E-state index in [-0.39, 0.29) is 23.2 Å². The molecule has 0 aromatic heterocycles. The van der Waals surface area contributed by atoms with Crippen molar-refractivity contribution in [2.45, 2.75) is 11.8 Å². The van der Waals surface area contributed by atoms with E-state index in [4.69, 9.17) is 9.47 Å². The molecule has 0 spiro atoms. The molecule has 8 nitrogen and oxygen atoms in total. The van der Waals surface area contributed by atoms with Crippen LogP contribution in [0.3, 0.4) is 0 Å². The molecule has 1 aliphatic heterocycles. The number of rotatable bonds is 7. The normalized spacial score (nSPS) is 14.9. The topological polar surface area (TPSA) is 102 Å². The van der Waals surface area contributed by atoms with E-state index < -0.39 is 10.0 Å². The molecule has 0 atom stereocenters. The van der Waals surface area contributed by atoms with E-state index in [1.165, 1.54) is 35.5 Å². The molecule has 1 saturated heterocycles. The van der Waals surface area contributed by atoms with Gasteiger partial charge < -0.3 is 14.8 Å². The third-order valence-corrected chi connectivity index (χ3v) is 6.29. The van der Waals surface area contributed by atoms with Crippen molar-refractivity contribution in [3.63, 3.8) is 0 Å². The van der Waals surface area contributed by atoms with Gasteiger partial charge in [-0.1, -0.05) is 0 Å². The summed E-state index contributed by atoms with van der Waals surface area (Å²) in [5, 5.41) is 2.65. The van der Waals surface area contributed by atoms with Crippen molar-refractivity contribution in [3.8, 4) is 5.75 Å². The van der Waals surface area contributed by atoms with Gasteiger partial charge >= 0.3 is 0 Å². The highest BCUT2D eigenvalue weighted by Gasteiger charge is 2.26. The van der Waals surface area contributed by atoms with E-state index in [1.807, 2.05) is 0 Å². The summed E-state index contributed by atoms with van der Waals surface area (Å²) in [5.41, 5.74) is 1.03. The van der Waals surface area contributed by atoms with Crippen LogP contribution < -0.4 is 10.1 Å². The lowest BCUT2D eigenvalue weighted by Gasteiger charge is -2.26. The molecule has 1 aliphatic rings. The number of hydrogen-bond donors (Lipinski definition) is 1. The fraction of sp³-hybridized carbons (Fsp3) is 0.300. The molecule has 3 rings (SSSR count). The van der Waals surface area contributed by atoms with Crippen LogP contribution in [0.5, 0.6) is 5.75 Å². The number of Topliss-reactive ketones (excluding diaryl/α,β-unsaturated/α-hetero) is 1. The molecule has 29 heavy (non-hydrogen) atoms. The zero-order valence-electron chi connectivity index (χ0n) is 16.0. The van der Waals surface area contributed by atoms with Gasteiger partial charge in [-0.3, -0.25) is 9.59 Å². The average molecular weight is 418 g/mol. The van der Waals surface area contributed by atoms with Crippen molar-refractivity contribution >= 4 is 27.4 Å². The van der Waals surface area contributed by atoms with Crippen molar-refractivity contribution in [1.82, 2.24) is 4.31 Å². The molecular weight excluding hydrogens is 396 g/mol. The van der Waals surface area contributed by atoms with Crippen LogP contribution in [0.1, 0.15) is 17.3 Å². The first-order valence-electron chi connectivity index (χ1n) is 9.08. The number of carbonyl (C=O) groups is 2. The Morgan fingerprint density at radius 3 is 2.24 bits per heavy atom. The highest BCUT2D eigenvalue weighted by Crippen LogP contribution is 2.19. The van der Waals surface area contributed by atoms with Crippen LogP contribution in [-0.4, -0.2) is 57.3 Å². The van der Waals surface area contributed by atoms with E-state index in [2.05, 4.69) is 5.32 Å². The molecule has 0 unspecified atom stereocenters. The second-order valence-corrected chi connectivity index (χ2v) is 8.40. The van der Waals surface area contributed by atoms with Crippen LogP contribution in [0.4, 0.5) is 5.69 Å². The maximum absolute atomic E-state index is 12.6. The SMILES string of the molecule is CC(=O)c1ccc(OCC(=O)Nc2ccc(S(=O)(=O)N3CCOCC3)cc2)cc1. The van der Waals surface area contributed by atoms with Gasteiger partial charge in [0.2, 0.25) is 10.0 Å². The number of sulfonamides is 1. The molecule has 1 amide bonds. The number of anilines is 1. The van der Waals surface area contributed by atoms with Crippen molar-refractivity contribution < 1.29 is 27.5 Å². The summed E-state index contributed by atoms with van der Waals surface area (Å²) in [5.74, 6) is 0.0370. The number of carbonyl (C=O) groups excluding carboxylic acids is 2. The Morgan fingerprint density at radius 1 is 1.03 bits per heavy atom. The quantitative estimate of drug-likeness (QED) is 0.690. The van der Waals surface area contributed by atoms with Gasteiger partial charge in [-0.25, -0.2) is 8.42 Å². The maximum Gasteiger partial charge on any atom is 0.262 e. The molecule has 0 aliphatic carbocycles. The number of amides is 1. The van der Waals surface area contributed by atoms with Gasteiger partial charge in [0.1, 0.15) is 5.75 Å². The summed E-state index contributed by atoms with van der Waals surface area (Å²) in [4.78, 5) is 23.5. The van der Waals surface area contributed by atoms with Crippen molar-refractivity contribution in [1.29, 1.82) is 0 Å². The summed E-state index contributed by atoms with van der Waals surface area (Å²) in [6, 6.07) is 12.5. The van der Waals surface area contributed by atoms with E-state index >= 15 is 0 Å². The van der Waals surface area contributed by atoms with Crippen LogP contribution in [0, 0.1) is 0 Å². The highest BCUT2D eigenvalue weighted by molar-refractivity contribution is 7.89. The molecule has 1 heterocycles. The van der Waals surface area contributed by atoms with E-state index in [1.54, 1.807) is 24.3 Å². The second-order valence-electron chi connectivity index (χ2n) is 6.46. The largest absolute Gasteiger partial charge is 0.484 e. The Bertz CT molecular complexity index is 965. The zero-order chi connectivity index (χ0) is 20.9. The molecule has 9 heteroatoms. The molecule has 2 aromatic rings. The lowest BCUT2D eigenvalue weighted by atomic mass is 10.1. The fourth-order valence-electron chi connectivity index (χ4n) is 2.78. The summed E-state index contributed by atoms with van der Waals surface area (Å²) in [7, 11) is -3.57. The van der Waals surface area contributed by atoms with Crippen LogP contribution in [0.15, 0.2) is 53.4 Å². The smallest absolute Gasteiger partial charge is 0.262 e. The lowest BCUT2D eigenvalue weighted by molar-refractivity contribution is -0.118. The van der Waals surface area contributed by atoms with Gasteiger partial charge in [0.25, 0.3) is 5.91 Å². The Balaban J connectivity index is 1.55. The van der Waals surface area contributed by atoms with Crippen molar-refractivity contribution in [2.24, 2.45) is 0 Å². The zero-order valence-corrected chi connectivity index (χ0v) is 16.8. The van der Waals surface area contributed by atoms with E-state index in [0.29, 0.717) is 43.3 Å². The molecule has 154 valence electrons. The molecule has 1 N–H and O–H groups in total. The van der Waals surface area contributed by atoms with Gasteiger partial charge in [-0.05, 0) is 55.5 Å². The predicted molar refractivity (Wildman–Crippen MR) is 107 cm³/mol. The monoisotopic (exact) mass is 418 g/mol. The van der Waals surface area contributed by atoms with Gasteiger partial charge in [-0.15, -0.1) is 0 Å². The Kier molecular flexibility index (Phi) is 6.63. The van der Waals surface area contributed by atoms with Crippen LogP contribution in [-0.2, 0) is 19.6 Å². The Labute approximate surface area is 169 Å². The molecule has 0 radical (unpaired) electrons. The van der Waals surface area contributed by atoms with Crippen LogP contribution >= 0.6 is 0 Å². The number of ether oxygens (including phenoxy) is 2. The summed E-state index contributed by atoms with van der Waals surface area (Å²) in [6.07, 6.45) is 0. The van der Waals surface area contributed by atoms with Crippen molar-refractivity contribution in [2.75, 3.05) is 38.2 Å². The summed E-state index contributed by atoms with van der Waals surface area (Å²) < 4.78 is 37.1. The number of hydrogen-bond acceptors (Lipinski definition) is 6. The Hall–Kier alpha value is -2.75. The number of nitrogens with zero attached hydrogens (tertiary/aromatic N) is 1. The standard InChI is InChI=1S/C20H22N2O6S/c1-15(23)16-2-6-18(7-3-16)28-14-20(24)21-17-4-8-19(9-5-17)29(25,26)22-10-12-27-13-11-22/h2-9H,10-14H2,1H3,(H,21,24). The third kappa shape index (κ3) is 5.41. The minimum atomic E-state index is -3.57. The van der Waals surface area contributed by atoms with Crippen molar-refractivity contribution in [3.05, 3.63) is 54.1 Å². The predicted octanol–water partition coefficient (Wildman–Crippen LogP) is 1.93. The minimum absolute atomic E-state index is 0.0478. The van der Waals surface area contributed by atoms with Gasteiger partial charge in [-0.2, -0.15) is 4.31 Å². The van der Waals surface area contributed by atoms with Gasteiger partial charge in [0, 0.05) is 24.3 Å². The minimum Gasteiger partial charge on any atom is -0.484 e. The maximum atomic E-state index is 12.6. The van der Waals surface area contributed by atoms with Gasteiger partial charge in [0.15, 0.2) is 12.4 Å². The fourth-order valence-corrected chi connectivity index (χ4v) is 4.19. The van der Waals surface area contributed by atoms with E-state index in [9.17, 15) is 18.0 Å². The molecule has 0 bridgehead atoms. The number of benzene rings is 2. The third-order valence-electron chi connectivity index (χ3n) is 4.38. The molecule has 0 saturated carbocycles. The number of morpholine rings is 1. The van der Waals surface area contributed by atoms with Crippen LogP contribution in [0.2, 0.25) is 0 Å². The average Bonchev–Trinajstić information content (AvgIpc) is 2.73. The van der Waals surface area contributed by atoms with Crippen LogP contribution in [0.25, 0.3) is 0 Å². The van der Waals surface area contributed by atoms with Gasteiger partial charge in [0.05, 0.1) is 18.1 Å². The Morgan fingerprint density at radius 2 is 1.66 bits per heavy atom. The first-order valence-corrected chi connectivity index (χ1v) is 10.5. The number of ketones is 1. The van der Waals surface area contributed by atoms with E-state index in [0.717, 1.165) is 0 Å². The highest BCUT2D eigenvalue weighted by atomic mass is 32.2. The first kappa shape index (κ1) is 21.0. The summed E-state index contributed by atoms with van der Waals surface area (Å²) >= 11 is 0. The summed E-state index contributed by atoms with van der Waals surface area (Å²) in [6.45, 7) is 2.67. The number of nitrogens with one attached hydrogen (secondary N) is 1. The molecule has 1 fully saturated rings. The lowest BCUT2D eigenvalue weighted by Crippen LogP contribution is -2.40. The second kappa shape index (κ2) is 9.17. The molecular formula is C20H22N2O6S.